The summed E-state index contributed by atoms with van der Waals surface area (Å²) in [4.78, 5) is 31.9. The van der Waals surface area contributed by atoms with Crippen molar-refractivity contribution in [2.45, 2.75) is 63.1 Å². The summed E-state index contributed by atoms with van der Waals surface area (Å²) in [5.74, 6) is -0.687. The van der Waals surface area contributed by atoms with Gasteiger partial charge in [-0.25, -0.2) is 9.59 Å². The van der Waals surface area contributed by atoms with Crippen LogP contribution in [-0.2, 0) is 26.9 Å². The minimum atomic E-state index is -4.38. The summed E-state index contributed by atoms with van der Waals surface area (Å²) in [6.45, 7) is 4.97. The SMILES string of the molecule is O=C(OC1COCCO1)c1ccn(C(=O)N2CCC3(CCCN3Cc3ccc(C(F)(F)F)cc3N3CCCC3)CC2)n1. The summed E-state index contributed by atoms with van der Waals surface area (Å²) in [6.07, 6.45) is 1.75. The molecule has 2 aromatic rings. The summed E-state index contributed by atoms with van der Waals surface area (Å²) in [5, 5.41) is 4.14. The molecule has 42 heavy (non-hydrogen) atoms. The van der Waals surface area contributed by atoms with E-state index in [2.05, 4.69) is 14.9 Å². The number of carbonyl (C=O) groups excluding carboxylic acids is 2. The largest absolute Gasteiger partial charge is 0.428 e. The van der Waals surface area contributed by atoms with Crippen LogP contribution in [0, 0.1) is 0 Å². The third-order valence-corrected chi connectivity index (χ3v) is 8.94. The molecule has 0 radical (unpaired) electrons. The Kier molecular flexibility index (Phi) is 8.16. The lowest BCUT2D eigenvalue weighted by molar-refractivity contribution is -0.186. The van der Waals surface area contributed by atoms with Gasteiger partial charge in [0.15, 0.2) is 5.69 Å². The Morgan fingerprint density at radius 1 is 1.00 bits per heavy atom. The number of carbonyl (C=O) groups is 2. The van der Waals surface area contributed by atoms with Gasteiger partial charge in [0, 0.05) is 50.1 Å². The monoisotopic (exact) mass is 591 g/mol. The molecule has 1 amide bonds. The number of piperidine rings is 1. The molecular weight excluding hydrogens is 555 g/mol. The Hall–Kier alpha value is -3.16. The number of benzene rings is 1. The molecule has 5 heterocycles. The molecule has 4 saturated heterocycles. The second-order valence-electron chi connectivity index (χ2n) is 11.5. The Balaban J connectivity index is 1.10. The Bertz CT molecular complexity index is 1280. The smallest absolute Gasteiger partial charge is 0.416 e. The molecule has 1 atom stereocenters. The lowest BCUT2D eigenvalue weighted by atomic mass is 9.84. The van der Waals surface area contributed by atoms with Crippen LogP contribution in [0.25, 0.3) is 0 Å². The standard InChI is InChI=1S/C29H36F3N5O5/c30-29(31,32)22-5-4-21(24(18-22)34-10-1-2-11-34)19-36-12-3-7-28(36)8-14-35(15-9-28)27(39)37-13-6-23(33-37)26(38)42-25-20-40-16-17-41-25/h4-6,13,18,25H,1-3,7-12,14-17,19-20H2. The van der Waals surface area contributed by atoms with Crippen LogP contribution in [0.5, 0.6) is 0 Å². The number of esters is 1. The average molecular weight is 592 g/mol. The first-order chi connectivity index (χ1) is 20.2. The average Bonchev–Trinajstić information content (AvgIpc) is 3.76. The van der Waals surface area contributed by atoms with E-state index in [1.165, 1.54) is 24.4 Å². The molecule has 10 nitrogen and oxygen atoms in total. The third kappa shape index (κ3) is 6.00. The molecule has 228 valence electrons. The fourth-order valence-corrected chi connectivity index (χ4v) is 6.65. The van der Waals surface area contributed by atoms with Crippen molar-refractivity contribution < 1.29 is 37.0 Å². The quantitative estimate of drug-likeness (QED) is 0.480. The first-order valence-corrected chi connectivity index (χ1v) is 14.7. The summed E-state index contributed by atoms with van der Waals surface area (Å²) < 4.78 is 57.6. The maximum Gasteiger partial charge on any atom is 0.416 e. The van der Waals surface area contributed by atoms with E-state index in [-0.39, 0.29) is 23.9 Å². The van der Waals surface area contributed by atoms with Gasteiger partial charge in [-0.15, -0.1) is 0 Å². The Labute approximate surface area is 242 Å². The molecule has 4 aliphatic rings. The minimum Gasteiger partial charge on any atom is -0.428 e. The first kappa shape index (κ1) is 28.9. The van der Waals surface area contributed by atoms with E-state index in [0.29, 0.717) is 38.5 Å². The van der Waals surface area contributed by atoms with Crippen molar-refractivity contribution in [3.63, 3.8) is 0 Å². The van der Waals surface area contributed by atoms with E-state index in [4.69, 9.17) is 14.2 Å². The third-order valence-electron chi connectivity index (χ3n) is 8.94. The predicted molar refractivity (Wildman–Crippen MR) is 145 cm³/mol. The van der Waals surface area contributed by atoms with Gasteiger partial charge >= 0.3 is 18.2 Å². The van der Waals surface area contributed by atoms with Crippen LogP contribution >= 0.6 is 0 Å². The molecule has 0 aliphatic carbocycles. The van der Waals surface area contributed by atoms with Crippen LogP contribution in [-0.4, -0.2) is 96.0 Å². The molecule has 4 aliphatic heterocycles. The van der Waals surface area contributed by atoms with Crippen LogP contribution in [0.4, 0.5) is 23.7 Å². The van der Waals surface area contributed by atoms with Crippen LogP contribution < -0.4 is 4.90 Å². The summed E-state index contributed by atoms with van der Waals surface area (Å²) in [5.41, 5.74) is 0.905. The highest BCUT2D eigenvalue weighted by molar-refractivity contribution is 5.88. The second kappa shape index (κ2) is 11.8. The van der Waals surface area contributed by atoms with E-state index >= 15 is 0 Å². The maximum atomic E-state index is 13.5. The van der Waals surface area contributed by atoms with Crippen molar-refractivity contribution in [2.24, 2.45) is 0 Å². The molecule has 1 spiro atoms. The Morgan fingerprint density at radius 2 is 1.79 bits per heavy atom. The molecule has 6 rings (SSSR count). The molecule has 0 bridgehead atoms. The zero-order chi connectivity index (χ0) is 29.3. The Morgan fingerprint density at radius 3 is 2.50 bits per heavy atom. The predicted octanol–water partition coefficient (Wildman–Crippen LogP) is 4.13. The molecule has 1 aromatic carbocycles. The van der Waals surface area contributed by atoms with Gasteiger partial charge in [0.1, 0.15) is 6.61 Å². The van der Waals surface area contributed by atoms with Crippen LogP contribution in [0.15, 0.2) is 30.5 Å². The van der Waals surface area contributed by atoms with E-state index in [9.17, 15) is 22.8 Å². The molecule has 0 N–H and O–H groups in total. The van der Waals surface area contributed by atoms with Crippen molar-refractivity contribution in [3.05, 3.63) is 47.3 Å². The zero-order valence-corrected chi connectivity index (χ0v) is 23.5. The number of aromatic nitrogens is 2. The van der Waals surface area contributed by atoms with E-state index in [1.54, 1.807) is 11.0 Å². The topological polar surface area (TPSA) is 89.4 Å². The fourth-order valence-electron chi connectivity index (χ4n) is 6.65. The lowest BCUT2D eigenvalue weighted by Crippen LogP contribution is -2.53. The van der Waals surface area contributed by atoms with Crippen LogP contribution in [0.2, 0.25) is 0 Å². The highest BCUT2D eigenvalue weighted by Crippen LogP contribution is 2.41. The van der Waals surface area contributed by atoms with Crippen molar-refractivity contribution in [1.29, 1.82) is 0 Å². The van der Waals surface area contributed by atoms with Gasteiger partial charge in [0.25, 0.3) is 0 Å². The van der Waals surface area contributed by atoms with Crippen LogP contribution in [0.1, 0.15) is 60.1 Å². The van der Waals surface area contributed by atoms with Gasteiger partial charge in [-0.1, -0.05) is 6.07 Å². The van der Waals surface area contributed by atoms with Gasteiger partial charge in [-0.3, -0.25) is 4.90 Å². The van der Waals surface area contributed by atoms with Gasteiger partial charge in [0.2, 0.25) is 6.29 Å². The number of anilines is 1. The number of nitrogens with zero attached hydrogens (tertiary/aromatic N) is 5. The van der Waals surface area contributed by atoms with Crippen LogP contribution in [0.3, 0.4) is 0 Å². The number of amides is 1. The number of alkyl halides is 3. The normalized spacial score (nSPS) is 23.1. The van der Waals surface area contributed by atoms with Crippen molar-refractivity contribution in [1.82, 2.24) is 19.6 Å². The maximum absolute atomic E-state index is 13.5. The van der Waals surface area contributed by atoms with Crippen molar-refractivity contribution in [2.75, 3.05) is 57.4 Å². The molecule has 4 fully saturated rings. The van der Waals surface area contributed by atoms with Gasteiger partial charge in [0.05, 0.1) is 18.8 Å². The molecule has 13 heteroatoms. The number of hydrogen-bond donors (Lipinski definition) is 0. The fraction of sp³-hybridized carbons (Fsp3) is 0.621. The zero-order valence-electron chi connectivity index (χ0n) is 23.5. The van der Waals surface area contributed by atoms with Gasteiger partial charge < -0.3 is 24.0 Å². The minimum absolute atomic E-state index is 0.0123. The second-order valence-corrected chi connectivity index (χ2v) is 11.5. The van der Waals surface area contributed by atoms with Crippen molar-refractivity contribution >= 4 is 17.7 Å². The van der Waals surface area contributed by atoms with Gasteiger partial charge in [-0.2, -0.15) is 23.0 Å². The highest BCUT2D eigenvalue weighted by atomic mass is 19.4. The summed E-state index contributed by atoms with van der Waals surface area (Å²) in [6, 6.07) is 5.28. The number of hydrogen-bond acceptors (Lipinski definition) is 8. The number of ether oxygens (including phenoxy) is 3. The summed E-state index contributed by atoms with van der Waals surface area (Å²) >= 11 is 0. The van der Waals surface area contributed by atoms with E-state index in [1.807, 2.05) is 0 Å². The number of likely N-dealkylation sites (tertiary alicyclic amines) is 2. The van der Waals surface area contributed by atoms with Gasteiger partial charge in [-0.05, 0) is 68.8 Å². The first-order valence-electron chi connectivity index (χ1n) is 14.7. The van der Waals surface area contributed by atoms with E-state index in [0.717, 1.165) is 68.4 Å². The number of rotatable bonds is 5. The lowest BCUT2D eigenvalue weighted by Gasteiger charge is -2.45. The van der Waals surface area contributed by atoms with E-state index < -0.39 is 24.0 Å². The summed E-state index contributed by atoms with van der Waals surface area (Å²) in [7, 11) is 0. The van der Waals surface area contributed by atoms with Crippen molar-refractivity contribution in [3.8, 4) is 0 Å². The highest BCUT2D eigenvalue weighted by Gasteiger charge is 2.44. The molecule has 1 unspecified atom stereocenters. The molecule has 0 saturated carbocycles. The molecular formula is C29H36F3N5O5. The molecule has 1 aromatic heterocycles. The number of halogens is 3.